The predicted molar refractivity (Wildman–Crippen MR) is 220 cm³/mol. The Morgan fingerprint density at radius 3 is 2.25 bits per heavy atom. The Balaban J connectivity index is 0.000000477. The van der Waals surface area contributed by atoms with Crippen LogP contribution in [-0.4, -0.2) is 40.3 Å². The number of carbonyl (C=O) groups is 2. The van der Waals surface area contributed by atoms with Crippen molar-refractivity contribution in [2.75, 3.05) is 6.54 Å². The molecule has 0 bridgehead atoms. The molecule has 298 valence electrons. The highest BCUT2D eigenvalue weighted by atomic mass is 19.1. The van der Waals surface area contributed by atoms with Crippen LogP contribution in [0.3, 0.4) is 0 Å². The van der Waals surface area contributed by atoms with Crippen LogP contribution in [0.5, 0.6) is 0 Å². The summed E-state index contributed by atoms with van der Waals surface area (Å²) in [6, 6.07) is 11.5. The fraction of sp³-hybridized carbons (Fsp3) is 0.489. The van der Waals surface area contributed by atoms with Gasteiger partial charge < -0.3 is 19.9 Å². The predicted octanol–water partition coefficient (Wildman–Crippen LogP) is 11.6. The highest BCUT2D eigenvalue weighted by Crippen LogP contribution is 2.38. The number of carbonyl (C=O) groups excluding carboxylic acids is 2. The molecule has 1 N–H and O–H groups in total. The number of unbranched alkanes of at least 4 members (excludes halogenated alkanes) is 10. The van der Waals surface area contributed by atoms with Gasteiger partial charge in [0, 0.05) is 42.5 Å². The van der Waals surface area contributed by atoms with Crippen molar-refractivity contribution >= 4 is 11.9 Å². The highest BCUT2D eigenvalue weighted by molar-refractivity contribution is 5.98. The van der Waals surface area contributed by atoms with E-state index in [1.807, 2.05) is 47.2 Å². The van der Waals surface area contributed by atoms with Gasteiger partial charge in [0.25, 0.3) is 5.91 Å². The Labute approximate surface area is 329 Å². The Morgan fingerprint density at radius 2 is 1.62 bits per heavy atom. The van der Waals surface area contributed by atoms with E-state index in [0.29, 0.717) is 28.9 Å². The van der Waals surface area contributed by atoms with Crippen molar-refractivity contribution in [1.82, 2.24) is 15.1 Å². The first-order valence-electron chi connectivity index (χ1n) is 20.5. The van der Waals surface area contributed by atoms with E-state index in [-0.39, 0.29) is 23.8 Å². The molecule has 0 aliphatic carbocycles. The zero-order valence-electron chi connectivity index (χ0n) is 33.6. The number of fused-ring (bicyclic) bond motifs is 2. The van der Waals surface area contributed by atoms with Gasteiger partial charge in [-0.2, -0.15) is 0 Å². The van der Waals surface area contributed by atoms with Crippen LogP contribution in [0.1, 0.15) is 139 Å². The zero-order valence-corrected chi connectivity index (χ0v) is 33.6. The van der Waals surface area contributed by atoms with Crippen molar-refractivity contribution < 1.29 is 23.1 Å². The van der Waals surface area contributed by atoms with E-state index in [4.69, 9.17) is 4.74 Å². The highest BCUT2D eigenvalue weighted by Gasteiger charge is 2.44. The number of halogens is 2. The maximum atomic E-state index is 13.7. The Bertz CT molecular complexity index is 1700. The first kappa shape index (κ1) is 43.3. The van der Waals surface area contributed by atoms with Crippen molar-refractivity contribution in [1.29, 1.82) is 0 Å². The van der Waals surface area contributed by atoms with Gasteiger partial charge in [0.2, 0.25) is 0 Å². The summed E-state index contributed by atoms with van der Waals surface area (Å²) in [5.74, 6) is -1.34. The van der Waals surface area contributed by atoms with Crippen LogP contribution < -0.4 is 5.32 Å². The van der Waals surface area contributed by atoms with Crippen LogP contribution in [-0.2, 0) is 22.5 Å². The number of piperidine rings is 1. The summed E-state index contributed by atoms with van der Waals surface area (Å²) < 4.78 is 31.2. The SMILES string of the molecule is C=C(CCCCCCCCCCCCC)Cc1ccc(C(=O)OC2=C3C(=O)N4C(CCC[C@H]4C)CN3C=C(C)C2=C)cc1.C=CNCc1ccc(F)cc1F. The molecule has 5 rings (SSSR count). The molecule has 8 heteroatoms. The third kappa shape index (κ3) is 12.8. The van der Waals surface area contributed by atoms with Crippen molar-refractivity contribution in [3.8, 4) is 0 Å². The summed E-state index contributed by atoms with van der Waals surface area (Å²) in [6.07, 6.45) is 23.2. The summed E-state index contributed by atoms with van der Waals surface area (Å²) in [7, 11) is 0. The molecule has 3 heterocycles. The van der Waals surface area contributed by atoms with Gasteiger partial charge in [-0.3, -0.25) is 4.79 Å². The average Bonchev–Trinajstić information content (AvgIpc) is 3.16. The smallest absolute Gasteiger partial charge is 0.343 e. The number of hydrogen-bond acceptors (Lipinski definition) is 5. The Kier molecular flexibility index (Phi) is 17.5. The maximum absolute atomic E-state index is 13.7. The van der Waals surface area contributed by atoms with Crippen molar-refractivity contribution in [3.63, 3.8) is 0 Å². The summed E-state index contributed by atoms with van der Waals surface area (Å²) >= 11 is 0. The molecule has 2 atom stereocenters. The van der Waals surface area contributed by atoms with E-state index in [2.05, 4.69) is 38.9 Å². The molecule has 6 nitrogen and oxygen atoms in total. The van der Waals surface area contributed by atoms with E-state index in [0.717, 1.165) is 55.9 Å². The summed E-state index contributed by atoms with van der Waals surface area (Å²) in [6.45, 7) is 19.3. The molecule has 55 heavy (non-hydrogen) atoms. The molecule has 2 aromatic rings. The van der Waals surface area contributed by atoms with Crippen LogP contribution in [0.2, 0.25) is 0 Å². The number of hydrogen-bond donors (Lipinski definition) is 1. The maximum Gasteiger partial charge on any atom is 0.343 e. The molecular formula is C47H63F2N3O3. The van der Waals surface area contributed by atoms with Crippen LogP contribution in [0, 0.1) is 11.6 Å². The molecule has 3 aliphatic heterocycles. The largest absolute Gasteiger partial charge is 0.420 e. The quantitative estimate of drug-likeness (QED) is 0.0879. The van der Waals surface area contributed by atoms with Crippen molar-refractivity contribution in [2.24, 2.45) is 0 Å². The number of benzene rings is 2. The van der Waals surface area contributed by atoms with Gasteiger partial charge in [0.15, 0.2) is 11.5 Å². The number of rotatable bonds is 19. The zero-order chi connectivity index (χ0) is 39.7. The lowest BCUT2D eigenvalue weighted by Crippen LogP contribution is -2.59. The molecular weight excluding hydrogens is 693 g/mol. The minimum Gasteiger partial charge on any atom is -0.420 e. The van der Waals surface area contributed by atoms with Gasteiger partial charge in [0.1, 0.15) is 11.6 Å². The number of piperazine rings is 1. The summed E-state index contributed by atoms with van der Waals surface area (Å²) in [4.78, 5) is 30.9. The van der Waals surface area contributed by atoms with E-state index >= 15 is 0 Å². The molecule has 2 saturated heterocycles. The Morgan fingerprint density at radius 1 is 0.964 bits per heavy atom. The van der Waals surface area contributed by atoms with Crippen LogP contribution in [0.15, 0.2) is 103 Å². The summed E-state index contributed by atoms with van der Waals surface area (Å²) in [5, 5.41) is 2.73. The number of amides is 1. The second kappa shape index (κ2) is 22.2. The Hall–Kier alpha value is -4.46. The van der Waals surface area contributed by atoms with Crippen LogP contribution in [0.4, 0.5) is 8.78 Å². The lowest BCUT2D eigenvalue weighted by atomic mass is 9.91. The standard InChI is InChI=1S/C38H54N2O3.C9H9F2N/c1-6-7-8-9-10-11-12-13-14-15-16-18-28(2)25-32-21-23-33(24-22-32)38(42)43-36-31(5)29(3)26-39-27-34-20-17-19-30(4)40(34)37(41)35(36)39;1-2-12-6-7-3-4-8(10)5-9(7)11/h21-24,26,30,34H,2,5-20,25,27H2,1,3-4H3;2-5,12H,1,6H2/t30-,34?;/m1./s1. The van der Waals surface area contributed by atoms with Gasteiger partial charge in [0.05, 0.1) is 11.6 Å². The van der Waals surface area contributed by atoms with E-state index in [1.165, 1.54) is 94.5 Å². The van der Waals surface area contributed by atoms with Gasteiger partial charge in [-0.05, 0) is 87.9 Å². The molecule has 2 aromatic carbocycles. The lowest BCUT2D eigenvalue weighted by Gasteiger charge is -2.49. The third-order valence-electron chi connectivity index (χ3n) is 10.9. The number of nitrogens with one attached hydrogen (secondary N) is 1. The van der Waals surface area contributed by atoms with Crippen molar-refractivity contribution in [2.45, 2.75) is 142 Å². The minimum atomic E-state index is -0.560. The number of allylic oxidation sites excluding steroid dienone is 2. The van der Waals surface area contributed by atoms with Crippen molar-refractivity contribution in [3.05, 3.63) is 131 Å². The van der Waals surface area contributed by atoms with Gasteiger partial charge in [-0.15, -0.1) is 0 Å². The van der Waals surface area contributed by atoms with Crippen LogP contribution in [0.25, 0.3) is 0 Å². The third-order valence-corrected chi connectivity index (χ3v) is 10.9. The molecule has 1 amide bonds. The molecule has 0 aromatic heterocycles. The topological polar surface area (TPSA) is 61.9 Å². The molecule has 0 saturated carbocycles. The van der Waals surface area contributed by atoms with Gasteiger partial charge in [-0.1, -0.05) is 115 Å². The molecule has 0 radical (unpaired) electrons. The van der Waals surface area contributed by atoms with E-state index in [1.54, 1.807) is 0 Å². The molecule has 1 unspecified atom stereocenters. The number of ether oxygens (including phenoxy) is 1. The normalized spacial score (nSPS) is 17.8. The molecule has 0 spiro atoms. The van der Waals surface area contributed by atoms with E-state index in [9.17, 15) is 18.4 Å². The first-order valence-corrected chi connectivity index (χ1v) is 20.5. The molecule has 2 fully saturated rings. The fourth-order valence-corrected chi connectivity index (χ4v) is 7.66. The lowest BCUT2D eigenvalue weighted by molar-refractivity contribution is -0.139. The second-order valence-corrected chi connectivity index (χ2v) is 15.4. The number of esters is 1. The second-order valence-electron chi connectivity index (χ2n) is 15.4. The monoisotopic (exact) mass is 755 g/mol. The van der Waals surface area contributed by atoms with Gasteiger partial charge in [-0.25, -0.2) is 13.6 Å². The average molecular weight is 756 g/mol. The van der Waals surface area contributed by atoms with Gasteiger partial charge >= 0.3 is 5.97 Å². The number of nitrogens with zero attached hydrogens (tertiary/aromatic N) is 2. The van der Waals surface area contributed by atoms with Crippen LogP contribution >= 0.6 is 0 Å². The fourth-order valence-electron chi connectivity index (χ4n) is 7.66. The summed E-state index contributed by atoms with van der Waals surface area (Å²) in [5.41, 5.74) is 5.20. The first-order chi connectivity index (χ1) is 26.5. The van der Waals surface area contributed by atoms with E-state index < -0.39 is 17.6 Å². The molecule has 3 aliphatic rings. The minimum absolute atomic E-state index is 0.0668.